The quantitative estimate of drug-likeness (QED) is 0.808. The molecule has 0 aromatic heterocycles. The standard InChI is InChI=1S/C12H11FN2O2/c1-2-11(16)10(7-14)12(17)15-9-5-3-8(13)4-6-9/h3-6,10H,2H2,1H3,(H,15,17). The maximum absolute atomic E-state index is 12.6. The molecule has 17 heavy (non-hydrogen) atoms. The SMILES string of the molecule is CCC(=O)C(C#N)C(=O)Nc1ccc(F)cc1. The van der Waals surface area contributed by atoms with Gasteiger partial charge < -0.3 is 5.32 Å². The van der Waals surface area contributed by atoms with Crippen LogP contribution in [-0.2, 0) is 9.59 Å². The molecule has 0 radical (unpaired) electrons. The highest BCUT2D eigenvalue weighted by molar-refractivity contribution is 6.09. The highest BCUT2D eigenvalue weighted by Crippen LogP contribution is 2.11. The van der Waals surface area contributed by atoms with Gasteiger partial charge in [-0.2, -0.15) is 5.26 Å². The number of nitrogens with zero attached hydrogens (tertiary/aromatic N) is 1. The number of rotatable bonds is 4. The second-order valence-electron chi connectivity index (χ2n) is 3.38. The number of hydrogen-bond acceptors (Lipinski definition) is 3. The molecule has 0 aliphatic heterocycles. The molecular weight excluding hydrogens is 223 g/mol. The van der Waals surface area contributed by atoms with Crippen molar-refractivity contribution in [2.24, 2.45) is 5.92 Å². The zero-order valence-electron chi connectivity index (χ0n) is 9.24. The molecule has 88 valence electrons. The van der Waals surface area contributed by atoms with E-state index < -0.39 is 23.4 Å². The van der Waals surface area contributed by atoms with E-state index in [1.807, 2.05) is 0 Å². The Labute approximate surface area is 98.1 Å². The van der Waals surface area contributed by atoms with E-state index in [-0.39, 0.29) is 6.42 Å². The number of amides is 1. The minimum absolute atomic E-state index is 0.120. The van der Waals surface area contributed by atoms with E-state index in [2.05, 4.69) is 5.32 Å². The Bertz CT molecular complexity index is 462. The highest BCUT2D eigenvalue weighted by atomic mass is 19.1. The van der Waals surface area contributed by atoms with Crippen LogP contribution in [0.4, 0.5) is 10.1 Å². The summed E-state index contributed by atoms with van der Waals surface area (Å²) in [5.74, 6) is -2.87. The van der Waals surface area contributed by atoms with Crippen LogP contribution >= 0.6 is 0 Å². The first-order valence-corrected chi connectivity index (χ1v) is 5.07. The third-order valence-corrected chi connectivity index (χ3v) is 2.17. The molecule has 0 saturated heterocycles. The van der Waals surface area contributed by atoms with Gasteiger partial charge in [-0.25, -0.2) is 4.39 Å². The first kappa shape index (κ1) is 12.8. The zero-order valence-corrected chi connectivity index (χ0v) is 9.24. The number of carbonyl (C=O) groups is 2. The van der Waals surface area contributed by atoms with Crippen LogP contribution in [0.15, 0.2) is 24.3 Å². The second kappa shape index (κ2) is 5.75. The third kappa shape index (κ3) is 3.38. The Kier molecular flexibility index (Phi) is 4.35. The molecule has 1 atom stereocenters. The van der Waals surface area contributed by atoms with Gasteiger partial charge in [0.05, 0.1) is 6.07 Å². The van der Waals surface area contributed by atoms with E-state index in [4.69, 9.17) is 5.26 Å². The molecule has 1 rings (SSSR count). The number of benzene rings is 1. The number of anilines is 1. The van der Waals surface area contributed by atoms with Gasteiger partial charge in [0.15, 0.2) is 11.7 Å². The van der Waals surface area contributed by atoms with Crippen LogP contribution < -0.4 is 5.32 Å². The molecule has 1 aromatic rings. The highest BCUT2D eigenvalue weighted by Gasteiger charge is 2.24. The Morgan fingerprint density at radius 2 is 2.00 bits per heavy atom. The van der Waals surface area contributed by atoms with Crippen LogP contribution in [-0.4, -0.2) is 11.7 Å². The summed E-state index contributed by atoms with van der Waals surface area (Å²) in [7, 11) is 0. The maximum atomic E-state index is 12.6. The molecule has 5 heteroatoms. The lowest BCUT2D eigenvalue weighted by molar-refractivity contribution is -0.128. The molecule has 0 aliphatic carbocycles. The van der Waals surface area contributed by atoms with Crippen molar-refractivity contribution >= 4 is 17.4 Å². The summed E-state index contributed by atoms with van der Waals surface area (Å²) in [5.41, 5.74) is 0.348. The lowest BCUT2D eigenvalue weighted by Gasteiger charge is -2.08. The van der Waals surface area contributed by atoms with Crippen molar-refractivity contribution in [2.75, 3.05) is 5.32 Å². The summed E-state index contributed by atoms with van der Waals surface area (Å²) < 4.78 is 12.6. The van der Waals surface area contributed by atoms with Crippen molar-refractivity contribution in [1.82, 2.24) is 0 Å². The van der Waals surface area contributed by atoms with Crippen molar-refractivity contribution in [3.63, 3.8) is 0 Å². The fourth-order valence-corrected chi connectivity index (χ4v) is 1.23. The average Bonchev–Trinajstić information content (AvgIpc) is 2.32. The van der Waals surface area contributed by atoms with Crippen LogP contribution in [0, 0.1) is 23.1 Å². The fraction of sp³-hybridized carbons (Fsp3) is 0.250. The maximum Gasteiger partial charge on any atom is 0.249 e. The molecule has 0 aliphatic rings. The zero-order chi connectivity index (χ0) is 12.8. The van der Waals surface area contributed by atoms with Crippen LogP contribution in [0.2, 0.25) is 0 Å². The molecule has 4 nitrogen and oxygen atoms in total. The smallest absolute Gasteiger partial charge is 0.249 e. The van der Waals surface area contributed by atoms with E-state index in [1.165, 1.54) is 24.3 Å². The topological polar surface area (TPSA) is 70.0 Å². The first-order chi connectivity index (χ1) is 8.08. The summed E-state index contributed by atoms with van der Waals surface area (Å²) in [4.78, 5) is 22.9. The summed E-state index contributed by atoms with van der Waals surface area (Å²) >= 11 is 0. The van der Waals surface area contributed by atoms with Crippen molar-refractivity contribution < 1.29 is 14.0 Å². The number of carbonyl (C=O) groups excluding carboxylic acids is 2. The minimum Gasteiger partial charge on any atom is -0.325 e. The molecule has 0 spiro atoms. The predicted molar refractivity (Wildman–Crippen MR) is 59.4 cm³/mol. The van der Waals surface area contributed by atoms with Gasteiger partial charge in [-0.15, -0.1) is 0 Å². The van der Waals surface area contributed by atoms with Crippen LogP contribution in [0.25, 0.3) is 0 Å². The molecule has 0 bridgehead atoms. The minimum atomic E-state index is -1.31. The molecule has 0 saturated carbocycles. The van der Waals surface area contributed by atoms with Crippen molar-refractivity contribution in [3.05, 3.63) is 30.1 Å². The lowest BCUT2D eigenvalue weighted by Crippen LogP contribution is -2.28. The van der Waals surface area contributed by atoms with E-state index >= 15 is 0 Å². The van der Waals surface area contributed by atoms with E-state index in [0.717, 1.165) is 0 Å². The van der Waals surface area contributed by atoms with E-state index in [0.29, 0.717) is 5.69 Å². The fourth-order valence-electron chi connectivity index (χ4n) is 1.23. The van der Waals surface area contributed by atoms with Crippen molar-refractivity contribution in [1.29, 1.82) is 5.26 Å². The Hall–Kier alpha value is -2.22. The van der Waals surface area contributed by atoms with Crippen LogP contribution in [0.5, 0.6) is 0 Å². The monoisotopic (exact) mass is 234 g/mol. The van der Waals surface area contributed by atoms with Gasteiger partial charge in [0.25, 0.3) is 0 Å². The van der Waals surface area contributed by atoms with E-state index in [9.17, 15) is 14.0 Å². The van der Waals surface area contributed by atoms with Crippen LogP contribution in [0.1, 0.15) is 13.3 Å². The largest absolute Gasteiger partial charge is 0.325 e. The number of halogens is 1. The van der Waals surface area contributed by atoms with Gasteiger partial charge in [-0.1, -0.05) is 6.92 Å². The van der Waals surface area contributed by atoms with Gasteiger partial charge in [0.2, 0.25) is 5.91 Å². The molecule has 1 amide bonds. The Balaban J connectivity index is 2.75. The number of hydrogen-bond donors (Lipinski definition) is 1. The Morgan fingerprint density at radius 3 is 2.47 bits per heavy atom. The van der Waals surface area contributed by atoms with Gasteiger partial charge >= 0.3 is 0 Å². The van der Waals surface area contributed by atoms with Crippen molar-refractivity contribution in [2.45, 2.75) is 13.3 Å². The molecule has 1 N–H and O–H groups in total. The van der Waals surface area contributed by atoms with E-state index in [1.54, 1.807) is 13.0 Å². The van der Waals surface area contributed by atoms with Gasteiger partial charge in [-0.05, 0) is 24.3 Å². The third-order valence-electron chi connectivity index (χ3n) is 2.17. The van der Waals surface area contributed by atoms with Gasteiger partial charge in [0.1, 0.15) is 5.82 Å². The first-order valence-electron chi connectivity index (χ1n) is 5.07. The van der Waals surface area contributed by atoms with Gasteiger partial charge in [-0.3, -0.25) is 9.59 Å². The Morgan fingerprint density at radius 1 is 1.41 bits per heavy atom. The summed E-state index contributed by atoms with van der Waals surface area (Å²) in [6.07, 6.45) is 0.120. The number of nitrogens with one attached hydrogen (secondary N) is 1. The summed E-state index contributed by atoms with van der Waals surface area (Å²) in [6, 6.07) is 6.73. The molecule has 0 fully saturated rings. The van der Waals surface area contributed by atoms with Gasteiger partial charge in [0, 0.05) is 12.1 Å². The summed E-state index contributed by atoms with van der Waals surface area (Å²) in [5, 5.41) is 11.1. The molecule has 0 heterocycles. The average molecular weight is 234 g/mol. The van der Waals surface area contributed by atoms with Crippen molar-refractivity contribution in [3.8, 4) is 6.07 Å². The van der Waals surface area contributed by atoms with Crippen LogP contribution in [0.3, 0.4) is 0 Å². The second-order valence-corrected chi connectivity index (χ2v) is 3.38. The number of Topliss-reactive ketones (excluding diaryl/α,β-unsaturated/α-hetero) is 1. The lowest BCUT2D eigenvalue weighted by atomic mass is 10.0. The predicted octanol–water partition coefficient (Wildman–Crippen LogP) is 1.88. The summed E-state index contributed by atoms with van der Waals surface area (Å²) in [6.45, 7) is 1.58. The number of nitriles is 1. The number of ketones is 1. The normalized spacial score (nSPS) is 11.4. The molecule has 1 unspecified atom stereocenters. The molecule has 1 aromatic carbocycles. The molecular formula is C12H11FN2O2.